The molecule has 0 spiro atoms. The standard InChI is InChI=1S/C33H36NOS/c1-8-21-34(31-25(22(3)4)19-14-20-26(31)23(5)6)24(7)35-32-27-15-10-12-17-29(27)33(36-9-2)30-18-13-11-16-28(30)32/h8-23H,2H2,1,3-7H3/q+1/b21-8-,34-24?. The molecule has 4 aromatic carbocycles. The van der Waals surface area contributed by atoms with Crippen LogP contribution in [-0.4, -0.2) is 10.5 Å². The lowest BCUT2D eigenvalue weighted by atomic mass is 9.92. The zero-order valence-electron chi connectivity index (χ0n) is 22.2. The van der Waals surface area contributed by atoms with E-state index in [9.17, 15) is 0 Å². The number of allylic oxidation sites excluding steroid dienone is 1. The summed E-state index contributed by atoms with van der Waals surface area (Å²) in [5, 5.41) is 6.44. The minimum absolute atomic E-state index is 0.385. The molecule has 0 unspecified atom stereocenters. The van der Waals surface area contributed by atoms with E-state index in [1.807, 2.05) is 5.41 Å². The second-order valence-corrected chi connectivity index (χ2v) is 10.6. The number of rotatable bonds is 7. The molecule has 3 heteroatoms. The van der Waals surface area contributed by atoms with E-state index >= 15 is 0 Å². The summed E-state index contributed by atoms with van der Waals surface area (Å²) < 4.78 is 9.09. The molecule has 36 heavy (non-hydrogen) atoms. The fourth-order valence-electron chi connectivity index (χ4n) is 4.84. The van der Waals surface area contributed by atoms with Crippen LogP contribution in [0, 0.1) is 0 Å². The van der Waals surface area contributed by atoms with Crippen molar-refractivity contribution >= 4 is 44.9 Å². The number of hydrogen-bond acceptors (Lipinski definition) is 2. The maximum Gasteiger partial charge on any atom is 0.349 e. The number of thioether (sulfide) groups is 1. The highest BCUT2D eigenvalue weighted by Crippen LogP contribution is 2.43. The molecular formula is C33H36NOS+. The van der Waals surface area contributed by atoms with Crippen LogP contribution in [0.3, 0.4) is 0 Å². The molecular weight excluding hydrogens is 458 g/mol. The van der Waals surface area contributed by atoms with Crippen molar-refractivity contribution in [1.82, 2.24) is 0 Å². The van der Waals surface area contributed by atoms with Gasteiger partial charge in [0.15, 0.2) is 6.20 Å². The lowest BCUT2D eigenvalue weighted by Crippen LogP contribution is -2.19. The SMILES string of the molecule is C=CSc1c2ccccc2c(OC(C)=[N+](/C=C\C)c2c(C(C)C)cccc2C(C)C)c2ccccc12. The van der Waals surface area contributed by atoms with Crippen molar-refractivity contribution in [2.24, 2.45) is 0 Å². The Bertz CT molecular complexity index is 1390. The van der Waals surface area contributed by atoms with Crippen LogP contribution >= 0.6 is 11.8 Å². The lowest BCUT2D eigenvalue weighted by Gasteiger charge is -2.18. The van der Waals surface area contributed by atoms with Crippen LogP contribution in [-0.2, 0) is 0 Å². The minimum atomic E-state index is 0.385. The van der Waals surface area contributed by atoms with Crippen molar-refractivity contribution in [3.05, 3.63) is 102 Å². The van der Waals surface area contributed by atoms with Gasteiger partial charge < -0.3 is 4.74 Å². The largest absolute Gasteiger partial charge is 0.407 e. The van der Waals surface area contributed by atoms with Crippen LogP contribution < -0.4 is 4.74 Å². The zero-order valence-corrected chi connectivity index (χ0v) is 23.0. The van der Waals surface area contributed by atoms with Gasteiger partial charge in [-0.3, -0.25) is 0 Å². The van der Waals surface area contributed by atoms with Crippen LogP contribution in [0.5, 0.6) is 5.75 Å². The number of fused-ring (bicyclic) bond motifs is 2. The van der Waals surface area contributed by atoms with Crippen molar-refractivity contribution in [3.8, 4) is 5.75 Å². The molecule has 0 saturated heterocycles. The van der Waals surface area contributed by atoms with Crippen molar-refractivity contribution in [2.75, 3.05) is 0 Å². The first-order valence-corrected chi connectivity index (χ1v) is 13.5. The predicted octanol–water partition coefficient (Wildman–Crippen LogP) is 10.2. The van der Waals surface area contributed by atoms with E-state index in [0.717, 1.165) is 22.4 Å². The van der Waals surface area contributed by atoms with Gasteiger partial charge in [0.05, 0.1) is 6.92 Å². The molecule has 184 valence electrons. The van der Waals surface area contributed by atoms with E-state index in [1.54, 1.807) is 11.8 Å². The van der Waals surface area contributed by atoms with Gasteiger partial charge in [0.25, 0.3) is 0 Å². The van der Waals surface area contributed by atoms with Crippen molar-refractivity contribution in [3.63, 3.8) is 0 Å². The van der Waals surface area contributed by atoms with Gasteiger partial charge in [0.2, 0.25) is 5.69 Å². The van der Waals surface area contributed by atoms with Crippen molar-refractivity contribution < 1.29 is 9.31 Å². The van der Waals surface area contributed by atoms with E-state index in [1.165, 1.54) is 32.5 Å². The zero-order chi connectivity index (χ0) is 25.8. The average molecular weight is 495 g/mol. The van der Waals surface area contributed by atoms with Crippen LogP contribution in [0.25, 0.3) is 21.5 Å². The van der Waals surface area contributed by atoms with Gasteiger partial charge in [-0.15, -0.1) is 4.58 Å². The van der Waals surface area contributed by atoms with Crippen LogP contribution in [0.15, 0.2) is 95.9 Å². The summed E-state index contributed by atoms with van der Waals surface area (Å²) in [6.45, 7) is 17.1. The van der Waals surface area contributed by atoms with Crippen LogP contribution in [0.2, 0.25) is 0 Å². The minimum Gasteiger partial charge on any atom is -0.407 e. The van der Waals surface area contributed by atoms with Crippen molar-refractivity contribution in [1.29, 1.82) is 0 Å². The monoisotopic (exact) mass is 494 g/mol. The first kappa shape index (κ1) is 25.8. The molecule has 0 atom stereocenters. The maximum atomic E-state index is 6.87. The molecule has 0 bridgehead atoms. The summed E-state index contributed by atoms with van der Waals surface area (Å²) in [5.74, 6) is 2.48. The summed E-state index contributed by atoms with van der Waals surface area (Å²) in [6.07, 6.45) is 4.20. The molecule has 0 amide bonds. The molecule has 0 aliphatic heterocycles. The Morgan fingerprint density at radius 2 is 1.31 bits per heavy atom. The molecule has 0 aliphatic rings. The van der Waals surface area contributed by atoms with Crippen LogP contribution in [0.1, 0.15) is 64.5 Å². The third-order valence-corrected chi connectivity index (χ3v) is 7.35. The average Bonchev–Trinajstić information content (AvgIpc) is 2.88. The van der Waals surface area contributed by atoms with Crippen molar-refractivity contribution in [2.45, 2.75) is 58.3 Å². The van der Waals surface area contributed by atoms with Crippen LogP contribution in [0.4, 0.5) is 5.69 Å². The Labute approximate surface area is 220 Å². The highest BCUT2D eigenvalue weighted by molar-refractivity contribution is 8.02. The number of ether oxygens (including phenoxy) is 1. The highest BCUT2D eigenvalue weighted by Gasteiger charge is 2.26. The molecule has 0 N–H and O–H groups in total. The molecule has 0 aliphatic carbocycles. The molecule has 0 heterocycles. The fourth-order valence-corrected chi connectivity index (χ4v) is 5.62. The Morgan fingerprint density at radius 3 is 1.75 bits per heavy atom. The summed E-state index contributed by atoms with van der Waals surface area (Å²) >= 11 is 1.66. The summed E-state index contributed by atoms with van der Waals surface area (Å²) in [6, 6.07) is 23.6. The van der Waals surface area contributed by atoms with Gasteiger partial charge in [0, 0.05) is 26.8 Å². The Hall–Kier alpha value is -3.30. The number of para-hydroxylation sites is 1. The number of nitrogens with zero attached hydrogens (tertiary/aromatic N) is 1. The van der Waals surface area contributed by atoms with Gasteiger partial charge >= 0.3 is 5.90 Å². The summed E-state index contributed by atoms with van der Waals surface area (Å²) in [7, 11) is 0. The quantitative estimate of drug-likeness (QED) is 0.0833. The summed E-state index contributed by atoms with van der Waals surface area (Å²) in [5.41, 5.74) is 3.84. The smallest absolute Gasteiger partial charge is 0.349 e. The maximum absolute atomic E-state index is 6.87. The molecule has 0 radical (unpaired) electrons. The Balaban J connectivity index is 2.03. The normalized spacial score (nSPS) is 12.7. The number of hydrogen-bond donors (Lipinski definition) is 0. The van der Waals surface area contributed by atoms with Gasteiger partial charge in [-0.2, -0.15) is 0 Å². The third kappa shape index (κ3) is 4.85. The van der Waals surface area contributed by atoms with E-state index in [4.69, 9.17) is 4.74 Å². The van der Waals surface area contributed by atoms with Gasteiger partial charge in [-0.05, 0) is 41.0 Å². The van der Waals surface area contributed by atoms with E-state index in [-0.39, 0.29) is 0 Å². The predicted molar refractivity (Wildman–Crippen MR) is 158 cm³/mol. The Kier molecular flexibility index (Phi) is 8.01. The third-order valence-electron chi connectivity index (χ3n) is 6.50. The van der Waals surface area contributed by atoms with Gasteiger partial charge in [0.1, 0.15) is 5.75 Å². The molecule has 0 fully saturated rings. The molecule has 2 nitrogen and oxygen atoms in total. The first-order chi connectivity index (χ1) is 17.4. The lowest BCUT2D eigenvalue weighted by molar-refractivity contribution is -0.372. The Morgan fingerprint density at radius 1 is 0.806 bits per heavy atom. The molecule has 4 rings (SSSR count). The highest BCUT2D eigenvalue weighted by atomic mass is 32.2. The summed E-state index contributed by atoms with van der Waals surface area (Å²) in [4.78, 5) is 1.21. The second kappa shape index (κ2) is 11.2. The number of benzene rings is 4. The molecule has 4 aromatic rings. The second-order valence-electron chi connectivity index (χ2n) is 9.60. The molecule has 0 aromatic heterocycles. The first-order valence-electron chi connectivity index (χ1n) is 12.7. The van der Waals surface area contributed by atoms with E-state index in [2.05, 4.69) is 132 Å². The topological polar surface area (TPSA) is 12.2 Å². The van der Waals surface area contributed by atoms with E-state index < -0.39 is 0 Å². The van der Waals surface area contributed by atoms with E-state index in [0.29, 0.717) is 11.8 Å². The fraction of sp³-hybridized carbons (Fsp3) is 0.242. The molecule has 0 saturated carbocycles. The van der Waals surface area contributed by atoms with Gasteiger partial charge in [-0.25, -0.2) is 0 Å². The van der Waals surface area contributed by atoms with Gasteiger partial charge in [-0.1, -0.05) is 113 Å².